The summed E-state index contributed by atoms with van der Waals surface area (Å²) in [6.07, 6.45) is 0.499. The molecule has 3 N–H and O–H groups in total. The van der Waals surface area contributed by atoms with Crippen LogP contribution in [0.5, 0.6) is 0 Å². The summed E-state index contributed by atoms with van der Waals surface area (Å²) in [6.45, 7) is 3.72. The zero-order chi connectivity index (χ0) is 14.5. The monoisotopic (exact) mass is 266 g/mol. The highest BCUT2D eigenvalue weighted by molar-refractivity contribution is 5.91. The first-order valence-corrected chi connectivity index (χ1v) is 5.96. The smallest absolute Gasteiger partial charge is 0.311 e. The van der Waals surface area contributed by atoms with Gasteiger partial charge in [0.2, 0.25) is 0 Å². The third kappa shape index (κ3) is 3.64. The number of hydrogen-bond donors (Lipinski definition) is 3. The number of carboxylic acid groups (broad SMARTS) is 1. The molecule has 1 amide bonds. The van der Waals surface area contributed by atoms with Gasteiger partial charge in [-0.1, -0.05) is 6.92 Å². The van der Waals surface area contributed by atoms with Crippen LogP contribution < -0.4 is 10.6 Å². The largest absolute Gasteiger partial charge is 0.481 e. The number of aliphatic carboxylic acids is 1. The number of amides is 1. The molecule has 104 valence electrons. The Morgan fingerprint density at radius 1 is 1.37 bits per heavy atom. The Kier molecular flexibility index (Phi) is 4.80. The van der Waals surface area contributed by atoms with Gasteiger partial charge in [-0.2, -0.15) is 0 Å². The number of carbonyl (C=O) groups is 2. The standard InChI is InChI=1S/C12H18N4O3/c1-4-12(2,11(18)19)7-14-9-6-5-8(15-16-9)10(17)13-3/h5-6H,4,7H2,1-3H3,(H,13,17)(H,14,16)(H,18,19). The van der Waals surface area contributed by atoms with Gasteiger partial charge in [0.1, 0.15) is 5.82 Å². The highest BCUT2D eigenvalue weighted by Gasteiger charge is 2.30. The quantitative estimate of drug-likeness (QED) is 0.702. The lowest BCUT2D eigenvalue weighted by atomic mass is 9.88. The molecule has 0 bridgehead atoms. The van der Waals surface area contributed by atoms with Crippen LogP contribution in [0.25, 0.3) is 0 Å². The van der Waals surface area contributed by atoms with E-state index in [-0.39, 0.29) is 18.1 Å². The van der Waals surface area contributed by atoms with E-state index in [2.05, 4.69) is 20.8 Å². The Balaban J connectivity index is 2.69. The summed E-state index contributed by atoms with van der Waals surface area (Å²) in [4.78, 5) is 22.4. The lowest BCUT2D eigenvalue weighted by molar-refractivity contribution is -0.147. The number of carbonyl (C=O) groups excluding carboxylic acids is 1. The van der Waals surface area contributed by atoms with Crippen molar-refractivity contribution in [2.45, 2.75) is 20.3 Å². The molecule has 7 nitrogen and oxygen atoms in total. The number of carboxylic acids is 1. The van der Waals surface area contributed by atoms with Crippen molar-refractivity contribution in [2.24, 2.45) is 5.41 Å². The van der Waals surface area contributed by atoms with Crippen molar-refractivity contribution in [3.8, 4) is 0 Å². The molecule has 1 atom stereocenters. The van der Waals surface area contributed by atoms with Gasteiger partial charge in [0, 0.05) is 13.6 Å². The zero-order valence-electron chi connectivity index (χ0n) is 11.2. The average molecular weight is 266 g/mol. The van der Waals surface area contributed by atoms with Gasteiger partial charge in [-0.25, -0.2) is 0 Å². The maximum Gasteiger partial charge on any atom is 0.311 e. The van der Waals surface area contributed by atoms with E-state index < -0.39 is 11.4 Å². The highest BCUT2D eigenvalue weighted by Crippen LogP contribution is 2.21. The molecule has 0 aliphatic carbocycles. The molecule has 7 heteroatoms. The van der Waals surface area contributed by atoms with Crippen LogP contribution >= 0.6 is 0 Å². The van der Waals surface area contributed by atoms with E-state index in [0.717, 1.165) is 0 Å². The minimum atomic E-state index is -0.863. The molecule has 0 spiro atoms. The van der Waals surface area contributed by atoms with Crippen molar-refractivity contribution in [1.82, 2.24) is 15.5 Å². The summed E-state index contributed by atoms with van der Waals surface area (Å²) in [7, 11) is 1.51. The number of nitrogens with one attached hydrogen (secondary N) is 2. The van der Waals surface area contributed by atoms with Gasteiger partial charge in [-0.3, -0.25) is 9.59 Å². The molecule has 1 aromatic heterocycles. The third-order valence-electron chi connectivity index (χ3n) is 3.08. The number of anilines is 1. The van der Waals surface area contributed by atoms with Crippen LogP contribution in [0.3, 0.4) is 0 Å². The first-order valence-electron chi connectivity index (χ1n) is 5.96. The molecule has 0 radical (unpaired) electrons. The van der Waals surface area contributed by atoms with E-state index in [9.17, 15) is 9.59 Å². The minimum absolute atomic E-state index is 0.213. The molecule has 0 aromatic carbocycles. The lowest BCUT2D eigenvalue weighted by Gasteiger charge is -2.23. The van der Waals surface area contributed by atoms with Gasteiger partial charge in [0.25, 0.3) is 5.91 Å². The predicted octanol–water partition coefficient (Wildman–Crippen LogP) is 0.749. The Morgan fingerprint density at radius 3 is 2.47 bits per heavy atom. The number of rotatable bonds is 6. The van der Waals surface area contributed by atoms with Crippen LogP contribution in [0.2, 0.25) is 0 Å². The number of nitrogens with zero attached hydrogens (tertiary/aromatic N) is 2. The van der Waals surface area contributed by atoms with Crippen LogP contribution in [-0.4, -0.2) is 40.8 Å². The molecule has 1 rings (SSSR count). The fourth-order valence-corrected chi connectivity index (χ4v) is 1.31. The Bertz CT molecular complexity index is 461. The van der Waals surface area contributed by atoms with Gasteiger partial charge in [0.05, 0.1) is 5.41 Å². The van der Waals surface area contributed by atoms with Crippen LogP contribution in [0.4, 0.5) is 5.82 Å². The minimum Gasteiger partial charge on any atom is -0.481 e. The summed E-state index contributed by atoms with van der Waals surface area (Å²) < 4.78 is 0. The third-order valence-corrected chi connectivity index (χ3v) is 3.08. The molecular weight excluding hydrogens is 248 g/mol. The molecule has 19 heavy (non-hydrogen) atoms. The fraction of sp³-hybridized carbons (Fsp3) is 0.500. The van der Waals surface area contributed by atoms with Crippen molar-refractivity contribution < 1.29 is 14.7 Å². The van der Waals surface area contributed by atoms with E-state index in [4.69, 9.17) is 5.11 Å². The molecule has 0 saturated carbocycles. The molecule has 1 aromatic rings. The first kappa shape index (κ1) is 14.9. The van der Waals surface area contributed by atoms with Gasteiger partial charge >= 0.3 is 5.97 Å². The van der Waals surface area contributed by atoms with Gasteiger partial charge in [-0.05, 0) is 25.5 Å². The second-order valence-electron chi connectivity index (χ2n) is 4.46. The van der Waals surface area contributed by atoms with Crippen LogP contribution in [-0.2, 0) is 4.79 Å². The summed E-state index contributed by atoms with van der Waals surface area (Å²) in [5, 5.41) is 22.1. The van der Waals surface area contributed by atoms with E-state index in [0.29, 0.717) is 12.2 Å². The van der Waals surface area contributed by atoms with Crippen LogP contribution in [0, 0.1) is 5.41 Å². The maximum atomic E-state index is 11.3. The Hall–Kier alpha value is -2.18. The van der Waals surface area contributed by atoms with Gasteiger partial charge in [0.15, 0.2) is 5.69 Å². The van der Waals surface area contributed by atoms with E-state index in [1.165, 1.54) is 13.1 Å². The maximum absolute atomic E-state index is 11.3. The highest BCUT2D eigenvalue weighted by atomic mass is 16.4. The molecule has 1 heterocycles. The number of hydrogen-bond acceptors (Lipinski definition) is 5. The second kappa shape index (κ2) is 6.12. The Morgan fingerprint density at radius 2 is 2.05 bits per heavy atom. The van der Waals surface area contributed by atoms with Gasteiger partial charge < -0.3 is 15.7 Å². The lowest BCUT2D eigenvalue weighted by Crippen LogP contribution is -2.34. The van der Waals surface area contributed by atoms with Crippen molar-refractivity contribution in [3.05, 3.63) is 17.8 Å². The van der Waals surface area contributed by atoms with Crippen molar-refractivity contribution in [3.63, 3.8) is 0 Å². The number of aromatic nitrogens is 2. The molecular formula is C12H18N4O3. The molecule has 0 aliphatic rings. The van der Waals surface area contributed by atoms with Crippen molar-refractivity contribution in [1.29, 1.82) is 0 Å². The normalized spacial score (nSPS) is 13.4. The summed E-state index contributed by atoms with van der Waals surface area (Å²) in [5.74, 6) is -0.742. The first-order chi connectivity index (χ1) is 8.92. The predicted molar refractivity (Wildman–Crippen MR) is 69.9 cm³/mol. The van der Waals surface area contributed by atoms with Gasteiger partial charge in [-0.15, -0.1) is 10.2 Å². The molecule has 0 fully saturated rings. The van der Waals surface area contributed by atoms with Crippen molar-refractivity contribution in [2.75, 3.05) is 18.9 Å². The molecule has 0 saturated heterocycles. The van der Waals surface area contributed by atoms with E-state index in [1.54, 1.807) is 13.0 Å². The topological polar surface area (TPSA) is 104 Å². The van der Waals surface area contributed by atoms with Crippen molar-refractivity contribution >= 4 is 17.7 Å². The fourth-order valence-electron chi connectivity index (χ4n) is 1.31. The van der Waals surface area contributed by atoms with Crippen LogP contribution in [0.1, 0.15) is 30.8 Å². The average Bonchev–Trinajstić information content (AvgIpc) is 2.44. The van der Waals surface area contributed by atoms with E-state index >= 15 is 0 Å². The van der Waals surface area contributed by atoms with E-state index in [1.807, 2.05) is 6.92 Å². The summed E-state index contributed by atoms with van der Waals surface area (Å²) >= 11 is 0. The summed E-state index contributed by atoms with van der Waals surface area (Å²) in [6, 6.07) is 3.12. The molecule has 1 unspecified atom stereocenters. The second-order valence-corrected chi connectivity index (χ2v) is 4.46. The van der Waals surface area contributed by atoms with Crippen LogP contribution in [0.15, 0.2) is 12.1 Å². The SMILES string of the molecule is CCC(C)(CNc1ccc(C(=O)NC)nn1)C(=O)O. The Labute approximate surface area is 111 Å². The zero-order valence-corrected chi connectivity index (χ0v) is 11.2. The summed E-state index contributed by atoms with van der Waals surface area (Å²) in [5.41, 5.74) is -0.647. The molecule has 0 aliphatic heterocycles.